The molecule has 1 atom stereocenters. The molecule has 144 valence electrons. The molecule has 1 aliphatic rings. The van der Waals surface area contributed by atoms with Crippen LogP contribution in [-0.4, -0.2) is 38.9 Å². The van der Waals surface area contributed by atoms with Gasteiger partial charge in [-0.25, -0.2) is 8.42 Å². The van der Waals surface area contributed by atoms with Crippen LogP contribution in [0.15, 0.2) is 61.2 Å². The Labute approximate surface area is 162 Å². The Morgan fingerprint density at radius 1 is 1.04 bits per heavy atom. The van der Waals surface area contributed by atoms with E-state index in [2.05, 4.69) is 11.5 Å². The number of aryl methyl sites for hydroxylation is 1. The Balaban J connectivity index is 1.71. The standard InChI is InChI=1S/C21H27N3O2S/c1-3-21(19-8-4-17(2)5-9-19)27(25,26)24-14-12-23(13-15-24)20-10-6-18(16-22)7-11-20/h3-11,21H,1,12-16,22H2,2H3. The van der Waals surface area contributed by atoms with Crippen molar-refractivity contribution in [1.82, 2.24) is 4.31 Å². The maximum atomic E-state index is 13.2. The molecule has 2 aromatic rings. The van der Waals surface area contributed by atoms with Crippen LogP contribution in [0.2, 0.25) is 0 Å². The molecule has 27 heavy (non-hydrogen) atoms. The molecule has 0 spiro atoms. The molecule has 0 bridgehead atoms. The minimum Gasteiger partial charge on any atom is -0.369 e. The Morgan fingerprint density at radius 2 is 1.63 bits per heavy atom. The van der Waals surface area contributed by atoms with Crippen molar-refractivity contribution in [3.8, 4) is 0 Å². The molecule has 0 aromatic heterocycles. The van der Waals surface area contributed by atoms with Crippen LogP contribution in [0.4, 0.5) is 5.69 Å². The minimum atomic E-state index is -3.48. The maximum absolute atomic E-state index is 13.2. The minimum absolute atomic E-state index is 0.469. The van der Waals surface area contributed by atoms with Crippen LogP contribution in [0.5, 0.6) is 0 Å². The third-order valence-electron chi connectivity index (χ3n) is 5.08. The molecule has 1 aliphatic heterocycles. The van der Waals surface area contributed by atoms with E-state index < -0.39 is 15.3 Å². The van der Waals surface area contributed by atoms with Crippen molar-refractivity contribution in [2.45, 2.75) is 18.7 Å². The van der Waals surface area contributed by atoms with Crippen LogP contribution in [0.1, 0.15) is 21.9 Å². The van der Waals surface area contributed by atoms with Crippen LogP contribution < -0.4 is 10.6 Å². The maximum Gasteiger partial charge on any atom is 0.224 e. The zero-order chi connectivity index (χ0) is 19.4. The molecule has 0 amide bonds. The van der Waals surface area contributed by atoms with Crippen molar-refractivity contribution in [3.63, 3.8) is 0 Å². The van der Waals surface area contributed by atoms with E-state index in [1.165, 1.54) is 6.08 Å². The predicted molar refractivity (Wildman–Crippen MR) is 111 cm³/mol. The second-order valence-corrected chi connectivity index (χ2v) is 8.92. The molecule has 5 nitrogen and oxygen atoms in total. The van der Waals surface area contributed by atoms with Crippen LogP contribution >= 0.6 is 0 Å². The van der Waals surface area contributed by atoms with Gasteiger partial charge in [-0.3, -0.25) is 0 Å². The molecule has 1 fully saturated rings. The predicted octanol–water partition coefficient (Wildman–Crippen LogP) is 2.83. The highest BCUT2D eigenvalue weighted by molar-refractivity contribution is 7.89. The molecule has 1 heterocycles. The van der Waals surface area contributed by atoms with Gasteiger partial charge in [-0.2, -0.15) is 4.31 Å². The van der Waals surface area contributed by atoms with E-state index in [0.29, 0.717) is 32.7 Å². The van der Waals surface area contributed by atoms with Gasteiger partial charge in [0.25, 0.3) is 0 Å². The summed E-state index contributed by atoms with van der Waals surface area (Å²) >= 11 is 0. The average Bonchev–Trinajstić information content (AvgIpc) is 2.70. The van der Waals surface area contributed by atoms with Gasteiger partial charge in [0.05, 0.1) is 0 Å². The van der Waals surface area contributed by atoms with Crippen molar-refractivity contribution >= 4 is 15.7 Å². The average molecular weight is 386 g/mol. The topological polar surface area (TPSA) is 66.6 Å². The lowest BCUT2D eigenvalue weighted by atomic mass is 10.1. The van der Waals surface area contributed by atoms with Crippen LogP contribution in [0.3, 0.4) is 0 Å². The van der Waals surface area contributed by atoms with E-state index in [-0.39, 0.29) is 0 Å². The van der Waals surface area contributed by atoms with Crippen LogP contribution in [0, 0.1) is 6.92 Å². The summed E-state index contributed by atoms with van der Waals surface area (Å²) in [6.45, 7) is 8.55. The first-order valence-electron chi connectivity index (χ1n) is 9.17. The summed E-state index contributed by atoms with van der Waals surface area (Å²) in [6, 6.07) is 15.7. The fourth-order valence-electron chi connectivity index (χ4n) is 3.39. The number of hydrogen-bond donors (Lipinski definition) is 1. The Kier molecular flexibility index (Phi) is 5.99. The van der Waals surface area contributed by atoms with Gasteiger partial charge in [0, 0.05) is 38.4 Å². The van der Waals surface area contributed by atoms with Crippen molar-refractivity contribution in [2.24, 2.45) is 5.73 Å². The summed E-state index contributed by atoms with van der Waals surface area (Å²) in [5.41, 5.74) is 9.70. The number of sulfonamides is 1. The van der Waals surface area contributed by atoms with Crippen molar-refractivity contribution in [1.29, 1.82) is 0 Å². The van der Waals surface area contributed by atoms with Gasteiger partial charge in [-0.15, -0.1) is 6.58 Å². The van der Waals surface area contributed by atoms with E-state index in [0.717, 1.165) is 22.4 Å². The quantitative estimate of drug-likeness (QED) is 0.777. The highest BCUT2D eigenvalue weighted by Crippen LogP contribution is 2.28. The number of rotatable bonds is 6. The van der Waals surface area contributed by atoms with E-state index >= 15 is 0 Å². The molecule has 0 radical (unpaired) electrons. The molecular weight excluding hydrogens is 358 g/mol. The van der Waals surface area contributed by atoms with E-state index in [4.69, 9.17) is 5.73 Å². The first-order chi connectivity index (χ1) is 13.0. The smallest absolute Gasteiger partial charge is 0.224 e. The lowest BCUT2D eigenvalue weighted by Crippen LogP contribution is -2.49. The molecule has 2 N–H and O–H groups in total. The van der Waals surface area contributed by atoms with Crippen LogP contribution in [-0.2, 0) is 16.6 Å². The van der Waals surface area contributed by atoms with Gasteiger partial charge in [-0.05, 0) is 30.2 Å². The van der Waals surface area contributed by atoms with Gasteiger partial charge in [-0.1, -0.05) is 48.0 Å². The number of nitrogens with two attached hydrogens (primary N) is 1. The SMILES string of the molecule is C=CC(c1ccc(C)cc1)S(=O)(=O)N1CCN(c2ccc(CN)cc2)CC1. The second kappa shape index (κ2) is 8.25. The fraction of sp³-hybridized carbons (Fsp3) is 0.333. The molecule has 6 heteroatoms. The summed E-state index contributed by atoms with van der Waals surface area (Å²) < 4.78 is 27.9. The molecule has 0 aliphatic carbocycles. The zero-order valence-electron chi connectivity index (χ0n) is 15.7. The molecule has 2 aromatic carbocycles. The highest BCUT2D eigenvalue weighted by atomic mass is 32.2. The third kappa shape index (κ3) is 4.24. The van der Waals surface area contributed by atoms with E-state index in [1.807, 2.05) is 55.5 Å². The monoisotopic (exact) mass is 385 g/mol. The number of piperazine rings is 1. The molecule has 1 saturated heterocycles. The summed E-state index contributed by atoms with van der Waals surface area (Å²) in [4.78, 5) is 2.21. The van der Waals surface area contributed by atoms with Gasteiger partial charge in [0.15, 0.2) is 0 Å². The summed E-state index contributed by atoms with van der Waals surface area (Å²) in [5.74, 6) is 0. The van der Waals surface area contributed by atoms with Gasteiger partial charge in [0.2, 0.25) is 10.0 Å². The van der Waals surface area contributed by atoms with Crippen molar-refractivity contribution < 1.29 is 8.42 Å². The first-order valence-corrected chi connectivity index (χ1v) is 10.7. The van der Waals surface area contributed by atoms with Gasteiger partial charge >= 0.3 is 0 Å². The fourth-order valence-corrected chi connectivity index (χ4v) is 5.13. The van der Waals surface area contributed by atoms with Gasteiger partial charge in [0.1, 0.15) is 5.25 Å². The summed E-state index contributed by atoms with van der Waals surface area (Å²) in [6.07, 6.45) is 1.53. The molecule has 1 unspecified atom stereocenters. The first kappa shape index (κ1) is 19.6. The number of nitrogens with zero attached hydrogens (tertiary/aromatic N) is 2. The number of hydrogen-bond acceptors (Lipinski definition) is 4. The molecule has 3 rings (SSSR count). The van der Waals surface area contributed by atoms with E-state index in [9.17, 15) is 8.42 Å². The lowest BCUT2D eigenvalue weighted by Gasteiger charge is -2.36. The second-order valence-electron chi connectivity index (χ2n) is 6.87. The van der Waals surface area contributed by atoms with Gasteiger partial charge < -0.3 is 10.6 Å². The number of anilines is 1. The third-order valence-corrected chi connectivity index (χ3v) is 7.27. The Morgan fingerprint density at radius 3 is 2.15 bits per heavy atom. The number of benzene rings is 2. The van der Waals surface area contributed by atoms with Crippen molar-refractivity contribution in [3.05, 3.63) is 77.9 Å². The normalized spacial score (nSPS) is 16.9. The molecular formula is C21H27N3O2S. The Hall–Kier alpha value is -2.15. The Bertz CT molecular complexity index is 869. The van der Waals surface area contributed by atoms with Crippen LogP contribution in [0.25, 0.3) is 0 Å². The van der Waals surface area contributed by atoms with E-state index in [1.54, 1.807) is 4.31 Å². The highest BCUT2D eigenvalue weighted by Gasteiger charge is 2.33. The van der Waals surface area contributed by atoms with Crippen molar-refractivity contribution in [2.75, 3.05) is 31.1 Å². The summed E-state index contributed by atoms with van der Waals surface area (Å²) in [7, 11) is -3.48. The molecule has 0 saturated carbocycles. The lowest BCUT2D eigenvalue weighted by molar-refractivity contribution is 0.382. The largest absolute Gasteiger partial charge is 0.369 e. The summed E-state index contributed by atoms with van der Waals surface area (Å²) in [5, 5.41) is -0.714. The zero-order valence-corrected chi connectivity index (χ0v) is 16.5.